The lowest BCUT2D eigenvalue weighted by molar-refractivity contribution is -0.151. The first kappa shape index (κ1) is 18.9. The van der Waals surface area contributed by atoms with Crippen molar-refractivity contribution in [2.75, 3.05) is 26.2 Å². The van der Waals surface area contributed by atoms with Crippen LogP contribution in [0.15, 0.2) is 36.9 Å². The van der Waals surface area contributed by atoms with Gasteiger partial charge in [0, 0.05) is 29.6 Å². The summed E-state index contributed by atoms with van der Waals surface area (Å²) in [6.07, 6.45) is 2.52. The molecule has 2 heterocycles. The molecule has 6 heteroatoms. The van der Waals surface area contributed by atoms with Crippen LogP contribution in [-0.2, 0) is 14.3 Å². The highest BCUT2D eigenvalue weighted by atomic mass is 35.5. The number of benzene rings is 1. The predicted molar refractivity (Wildman–Crippen MR) is 101 cm³/mol. The van der Waals surface area contributed by atoms with Crippen LogP contribution in [0.4, 0.5) is 0 Å². The van der Waals surface area contributed by atoms with E-state index in [0.29, 0.717) is 44.1 Å². The molecule has 0 radical (unpaired) electrons. The third kappa shape index (κ3) is 3.94. The van der Waals surface area contributed by atoms with Crippen LogP contribution in [0.5, 0.6) is 0 Å². The summed E-state index contributed by atoms with van der Waals surface area (Å²) in [4.78, 5) is 28.5. The Labute approximate surface area is 159 Å². The zero-order valence-electron chi connectivity index (χ0n) is 15.1. The molecule has 2 amide bonds. The molecular formula is C20H25ClN2O3. The summed E-state index contributed by atoms with van der Waals surface area (Å²) in [5, 5.41) is 0.663. The summed E-state index contributed by atoms with van der Waals surface area (Å²) in [6, 6.07) is 7.65. The van der Waals surface area contributed by atoms with E-state index >= 15 is 0 Å². The minimum absolute atomic E-state index is 0.0362. The highest BCUT2D eigenvalue weighted by molar-refractivity contribution is 6.31. The highest BCUT2D eigenvalue weighted by Crippen LogP contribution is 2.31. The van der Waals surface area contributed by atoms with Gasteiger partial charge in [0.25, 0.3) is 0 Å². The summed E-state index contributed by atoms with van der Waals surface area (Å²) in [7, 11) is 0. The van der Waals surface area contributed by atoms with E-state index < -0.39 is 0 Å². The zero-order chi connectivity index (χ0) is 18.7. The number of piperidine rings is 1. The molecule has 0 N–H and O–H groups in total. The summed E-state index contributed by atoms with van der Waals surface area (Å²) >= 11 is 6.30. The van der Waals surface area contributed by atoms with Gasteiger partial charge in [0.05, 0.1) is 19.2 Å². The molecule has 1 aromatic rings. The predicted octanol–water partition coefficient (Wildman–Crippen LogP) is 3.05. The second-order valence-corrected chi connectivity index (χ2v) is 7.39. The van der Waals surface area contributed by atoms with E-state index in [2.05, 4.69) is 6.58 Å². The molecular weight excluding hydrogens is 352 g/mol. The molecule has 1 aromatic carbocycles. The van der Waals surface area contributed by atoms with Crippen LogP contribution in [0.1, 0.15) is 31.4 Å². The molecule has 5 nitrogen and oxygen atoms in total. The fraction of sp³-hybridized carbons (Fsp3) is 0.500. The Balaban J connectivity index is 1.66. The number of carbonyl (C=O) groups is 2. The van der Waals surface area contributed by atoms with E-state index in [0.717, 1.165) is 5.56 Å². The SMILES string of the molecule is C=CC(=O)N1CCC(C(=O)N2C[C@H](c3ccccc3Cl)OC[C@H]2C)CC1. The number of hydrogen-bond donors (Lipinski definition) is 0. The van der Waals surface area contributed by atoms with Crippen molar-refractivity contribution >= 4 is 23.4 Å². The molecule has 0 bridgehead atoms. The number of likely N-dealkylation sites (tertiary alicyclic amines) is 1. The van der Waals surface area contributed by atoms with E-state index in [1.54, 1.807) is 4.90 Å². The lowest BCUT2D eigenvalue weighted by Gasteiger charge is -2.41. The molecule has 2 fully saturated rings. The van der Waals surface area contributed by atoms with Gasteiger partial charge < -0.3 is 14.5 Å². The molecule has 3 rings (SSSR count). The Morgan fingerprint density at radius 1 is 1.27 bits per heavy atom. The normalized spacial score (nSPS) is 24.4. The van der Waals surface area contributed by atoms with Gasteiger partial charge in [-0.25, -0.2) is 0 Å². The van der Waals surface area contributed by atoms with Crippen molar-refractivity contribution in [3.63, 3.8) is 0 Å². The molecule has 2 saturated heterocycles. The maximum atomic E-state index is 13.1. The number of ether oxygens (including phenoxy) is 1. The van der Waals surface area contributed by atoms with Crippen LogP contribution in [0.25, 0.3) is 0 Å². The average molecular weight is 377 g/mol. The van der Waals surface area contributed by atoms with Crippen LogP contribution in [-0.4, -0.2) is 53.9 Å². The van der Waals surface area contributed by atoms with Crippen LogP contribution < -0.4 is 0 Å². The van der Waals surface area contributed by atoms with Crippen LogP contribution in [0.3, 0.4) is 0 Å². The van der Waals surface area contributed by atoms with Gasteiger partial charge in [0.2, 0.25) is 11.8 Å². The third-order valence-electron chi connectivity index (χ3n) is 5.30. The lowest BCUT2D eigenvalue weighted by atomic mass is 9.93. The number of carbonyl (C=O) groups excluding carboxylic acids is 2. The minimum atomic E-state index is -0.203. The van der Waals surface area contributed by atoms with Crippen molar-refractivity contribution in [2.24, 2.45) is 5.92 Å². The Morgan fingerprint density at radius 3 is 2.62 bits per heavy atom. The molecule has 0 aromatic heterocycles. The number of rotatable bonds is 3. The number of halogens is 1. The van der Waals surface area contributed by atoms with E-state index in [1.165, 1.54) is 6.08 Å². The van der Waals surface area contributed by atoms with Crippen molar-refractivity contribution in [1.29, 1.82) is 0 Å². The minimum Gasteiger partial charge on any atom is -0.369 e. The van der Waals surface area contributed by atoms with Crippen molar-refractivity contribution in [2.45, 2.75) is 31.9 Å². The van der Waals surface area contributed by atoms with E-state index in [4.69, 9.17) is 16.3 Å². The Hall–Kier alpha value is -1.85. The topological polar surface area (TPSA) is 49.9 Å². The van der Waals surface area contributed by atoms with Gasteiger partial charge in [-0.15, -0.1) is 0 Å². The fourth-order valence-corrected chi connectivity index (χ4v) is 3.96. The molecule has 0 unspecified atom stereocenters. The molecule has 2 aliphatic rings. The van der Waals surface area contributed by atoms with Gasteiger partial charge in [0.1, 0.15) is 6.10 Å². The zero-order valence-corrected chi connectivity index (χ0v) is 15.8. The van der Waals surface area contributed by atoms with Crippen molar-refractivity contribution < 1.29 is 14.3 Å². The number of morpholine rings is 1. The first-order valence-corrected chi connectivity index (χ1v) is 9.47. The second-order valence-electron chi connectivity index (χ2n) is 6.99. The molecule has 2 aliphatic heterocycles. The van der Waals surface area contributed by atoms with Gasteiger partial charge in [-0.3, -0.25) is 9.59 Å². The number of nitrogens with zero attached hydrogens (tertiary/aromatic N) is 2. The first-order chi connectivity index (χ1) is 12.5. The lowest BCUT2D eigenvalue weighted by Crippen LogP contribution is -2.52. The van der Waals surface area contributed by atoms with Crippen molar-refractivity contribution in [1.82, 2.24) is 9.80 Å². The van der Waals surface area contributed by atoms with Gasteiger partial charge in [0.15, 0.2) is 0 Å². The van der Waals surface area contributed by atoms with Gasteiger partial charge in [-0.05, 0) is 31.9 Å². The fourth-order valence-electron chi connectivity index (χ4n) is 3.70. The molecule has 2 atom stereocenters. The van der Waals surface area contributed by atoms with E-state index in [9.17, 15) is 9.59 Å². The van der Waals surface area contributed by atoms with Gasteiger partial charge in [-0.2, -0.15) is 0 Å². The highest BCUT2D eigenvalue weighted by Gasteiger charge is 2.36. The van der Waals surface area contributed by atoms with E-state index in [1.807, 2.05) is 36.1 Å². The van der Waals surface area contributed by atoms with Gasteiger partial charge in [-0.1, -0.05) is 36.4 Å². The van der Waals surface area contributed by atoms with Crippen LogP contribution >= 0.6 is 11.6 Å². The quantitative estimate of drug-likeness (QED) is 0.762. The first-order valence-electron chi connectivity index (χ1n) is 9.09. The average Bonchev–Trinajstić information content (AvgIpc) is 2.68. The smallest absolute Gasteiger partial charge is 0.245 e. The maximum Gasteiger partial charge on any atom is 0.245 e. The van der Waals surface area contributed by atoms with Crippen molar-refractivity contribution in [3.05, 3.63) is 47.5 Å². The summed E-state index contributed by atoms with van der Waals surface area (Å²) in [6.45, 7) is 7.75. The second kappa shape index (κ2) is 8.23. The molecule has 140 valence electrons. The number of hydrogen-bond acceptors (Lipinski definition) is 3. The summed E-state index contributed by atoms with van der Waals surface area (Å²) in [5.74, 6) is 0.0503. The van der Waals surface area contributed by atoms with Crippen molar-refractivity contribution in [3.8, 4) is 0 Å². The number of amides is 2. The monoisotopic (exact) mass is 376 g/mol. The van der Waals surface area contributed by atoms with Gasteiger partial charge >= 0.3 is 0 Å². The largest absolute Gasteiger partial charge is 0.369 e. The Bertz CT molecular complexity index is 685. The Kier molecular flexibility index (Phi) is 5.99. The molecule has 0 spiro atoms. The van der Waals surface area contributed by atoms with Crippen LogP contribution in [0, 0.1) is 5.92 Å². The molecule has 0 aliphatic carbocycles. The Morgan fingerprint density at radius 2 is 1.96 bits per heavy atom. The maximum absolute atomic E-state index is 13.1. The molecule has 0 saturated carbocycles. The molecule has 26 heavy (non-hydrogen) atoms. The van der Waals surface area contributed by atoms with E-state index in [-0.39, 0.29) is 29.9 Å². The van der Waals surface area contributed by atoms with Crippen LogP contribution in [0.2, 0.25) is 5.02 Å². The summed E-state index contributed by atoms with van der Waals surface area (Å²) < 4.78 is 5.95. The third-order valence-corrected chi connectivity index (χ3v) is 5.64. The summed E-state index contributed by atoms with van der Waals surface area (Å²) in [5.41, 5.74) is 0.922. The standard InChI is InChI=1S/C20H25ClN2O3/c1-3-19(24)22-10-8-15(9-11-22)20(25)23-12-18(26-13-14(23)2)16-6-4-5-7-17(16)21/h3-7,14-15,18H,1,8-13H2,2H3/t14-,18-/m1/s1.